The molecule has 1 aliphatic rings. The summed E-state index contributed by atoms with van der Waals surface area (Å²) in [5.74, 6) is 1.23. The van der Waals surface area contributed by atoms with Crippen molar-refractivity contribution in [3.05, 3.63) is 64.4 Å². The summed E-state index contributed by atoms with van der Waals surface area (Å²) in [5, 5.41) is 7.31. The van der Waals surface area contributed by atoms with E-state index in [1.54, 1.807) is 12.3 Å². The molecule has 7 heteroatoms. The molecule has 1 aromatic carbocycles. The monoisotopic (exact) mass is 528 g/mol. The van der Waals surface area contributed by atoms with Crippen molar-refractivity contribution in [1.82, 2.24) is 15.6 Å². The summed E-state index contributed by atoms with van der Waals surface area (Å²) in [7, 11) is 0. The Morgan fingerprint density at radius 1 is 1.21 bits per heavy atom. The molecule has 0 saturated carbocycles. The van der Waals surface area contributed by atoms with Gasteiger partial charge in [-0.15, -0.1) is 24.0 Å². The smallest absolute Gasteiger partial charge is 0.191 e. The van der Waals surface area contributed by atoms with Crippen LogP contribution in [0, 0.1) is 12.8 Å². The molecule has 1 aliphatic heterocycles. The zero-order chi connectivity index (χ0) is 19.8. The van der Waals surface area contributed by atoms with Crippen molar-refractivity contribution in [2.75, 3.05) is 19.7 Å². The maximum atomic E-state index is 6.13. The van der Waals surface area contributed by atoms with Gasteiger partial charge in [0.25, 0.3) is 0 Å². The highest BCUT2D eigenvalue weighted by Gasteiger charge is 2.27. The van der Waals surface area contributed by atoms with Crippen LogP contribution >= 0.6 is 35.6 Å². The number of aryl methyl sites for hydroxylation is 1. The van der Waals surface area contributed by atoms with Crippen LogP contribution in [0.2, 0.25) is 5.15 Å². The molecule has 2 atom stereocenters. The van der Waals surface area contributed by atoms with E-state index in [0.717, 1.165) is 44.1 Å². The number of hydrogen-bond donors (Lipinski definition) is 2. The topological polar surface area (TPSA) is 58.5 Å². The highest BCUT2D eigenvalue weighted by Crippen LogP contribution is 2.33. The summed E-state index contributed by atoms with van der Waals surface area (Å²) >= 11 is 5.85. The minimum absolute atomic E-state index is 0. The van der Waals surface area contributed by atoms with Crippen LogP contribution in [0.15, 0.2) is 47.6 Å². The number of nitrogens with zero attached hydrogens (tertiary/aromatic N) is 2. The Labute approximate surface area is 195 Å². The number of aromatic nitrogens is 1. The van der Waals surface area contributed by atoms with Crippen LogP contribution in [-0.4, -0.2) is 30.6 Å². The second kappa shape index (κ2) is 12.3. The Balaban J connectivity index is 0.00000300. The van der Waals surface area contributed by atoms with Crippen LogP contribution in [0.1, 0.15) is 42.6 Å². The maximum absolute atomic E-state index is 6.13. The molecule has 1 fully saturated rings. The van der Waals surface area contributed by atoms with Gasteiger partial charge in [0.1, 0.15) is 5.15 Å². The molecule has 2 unspecified atom stereocenters. The van der Waals surface area contributed by atoms with E-state index in [0.29, 0.717) is 17.6 Å². The molecule has 0 bridgehead atoms. The highest BCUT2D eigenvalue weighted by atomic mass is 127. The third-order valence-electron chi connectivity index (χ3n) is 4.94. The van der Waals surface area contributed by atoms with E-state index in [4.69, 9.17) is 16.3 Å². The van der Waals surface area contributed by atoms with Gasteiger partial charge in [-0.1, -0.05) is 47.5 Å². The van der Waals surface area contributed by atoms with Crippen LogP contribution in [0.4, 0.5) is 0 Å². The second-order valence-electron chi connectivity index (χ2n) is 7.17. The number of pyridine rings is 1. The van der Waals surface area contributed by atoms with Gasteiger partial charge in [0.15, 0.2) is 5.96 Å². The summed E-state index contributed by atoms with van der Waals surface area (Å²) in [6.07, 6.45) is 4.13. The van der Waals surface area contributed by atoms with E-state index >= 15 is 0 Å². The van der Waals surface area contributed by atoms with Gasteiger partial charge < -0.3 is 15.4 Å². The van der Waals surface area contributed by atoms with E-state index in [2.05, 4.69) is 58.7 Å². The highest BCUT2D eigenvalue weighted by molar-refractivity contribution is 14.0. The predicted molar refractivity (Wildman–Crippen MR) is 130 cm³/mol. The molecule has 1 saturated heterocycles. The van der Waals surface area contributed by atoms with Crippen molar-refractivity contribution >= 4 is 41.5 Å². The molecule has 158 valence electrons. The lowest BCUT2D eigenvalue weighted by Crippen LogP contribution is -2.42. The summed E-state index contributed by atoms with van der Waals surface area (Å²) in [6.45, 7) is 7.20. The number of benzene rings is 1. The lowest BCUT2D eigenvalue weighted by atomic mass is 9.89. The predicted octanol–water partition coefficient (Wildman–Crippen LogP) is 4.88. The largest absolute Gasteiger partial charge is 0.373 e. The number of rotatable bonds is 6. The standard InChI is InChI=1S/C22H29ClN4O.HI/c1-3-24-22(26-14-17-8-11-20(23)25-13-17)27-15-19-5-4-12-28-21(19)18-9-6-16(2)7-10-18;/h6-11,13,19,21H,3-5,12,14-15H2,1-2H3,(H2,24,26,27);1H. The van der Waals surface area contributed by atoms with Crippen molar-refractivity contribution in [2.24, 2.45) is 10.9 Å². The third-order valence-corrected chi connectivity index (χ3v) is 5.16. The molecule has 0 amide bonds. The zero-order valence-corrected chi connectivity index (χ0v) is 20.1. The molecule has 0 aliphatic carbocycles. The number of ether oxygens (including phenoxy) is 1. The number of hydrogen-bond acceptors (Lipinski definition) is 3. The molecule has 2 aromatic rings. The van der Waals surface area contributed by atoms with Gasteiger partial charge in [0.2, 0.25) is 0 Å². The Bertz CT molecular complexity index is 767. The van der Waals surface area contributed by atoms with E-state index in [-0.39, 0.29) is 30.1 Å². The molecule has 2 heterocycles. The Morgan fingerprint density at radius 3 is 2.69 bits per heavy atom. The fraction of sp³-hybridized carbons (Fsp3) is 0.455. The molecular weight excluding hydrogens is 499 g/mol. The molecule has 0 spiro atoms. The number of halogens is 2. The Kier molecular flexibility index (Phi) is 10.2. The lowest BCUT2D eigenvalue weighted by Gasteiger charge is -2.32. The molecule has 5 nitrogen and oxygen atoms in total. The first kappa shape index (κ1) is 23.9. The first-order chi connectivity index (χ1) is 13.7. The quantitative estimate of drug-likeness (QED) is 0.243. The van der Waals surface area contributed by atoms with Gasteiger partial charge in [-0.3, -0.25) is 0 Å². The third kappa shape index (κ3) is 7.42. The van der Waals surface area contributed by atoms with Gasteiger partial charge in [-0.05, 0) is 43.9 Å². The zero-order valence-electron chi connectivity index (χ0n) is 17.0. The van der Waals surface area contributed by atoms with Crippen molar-refractivity contribution < 1.29 is 4.74 Å². The van der Waals surface area contributed by atoms with Crippen LogP contribution in [0.5, 0.6) is 0 Å². The van der Waals surface area contributed by atoms with Crippen molar-refractivity contribution in [3.8, 4) is 0 Å². The molecule has 29 heavy (non-hydrogen) atoms. The fourth-order valence-electron chi connectivity index (χ4n) is 3.42. The Morgan fingerprint density at radius 2 is 2.00 bits per heavy atom. The number of guanidine groups is 1. The molecule has 3 rings (SSSR count). The summed E-state index contributed by atoms with van der Waals surface area (Å²) < 4.78 is 6.13. The van der Waals surface area contributed by atoms with E-state index in [9.17, 15) is 0 Å². The van der Waals surface area contributed by atoms with Crippen molar-refractivity contribution in [3.63, 3.8) is 0 Å². The fourth-order valence-corrected chi connectivity index (χ4v) is 3.53. The van der Waals surface area contributed by atoms with E-state index < -0.39 is 0 Å². The molecular formula is C22H30ClIN4O. The Hall–Kier alpha value is -1.38. The first-order valence-electron chi connectivity index (χ1n) is 9.96. The summed E-state index contributed by atoms with van der Waals surface area (Å²) in [5.41, 5.74) is 3.55. The van der Waals surface area contributed by atoms with E-state index in [1.807, 2.05) is 6.07 Å². The van der Waals surface area contributed by atoms with Crippen LogP contribution in [-0.2, 0) is 11.3 Å². The lowest BCUT2D eigenvalue weighted by molar-refractivity contribution is -0.0265. The summed E-state index contributed by atoms with van der Waals surface area (Å²) in [4.78, 5) is 8.79. The van der Waals surface area contributed by atoms with E-state index in [1.165, 1.54) is 11.1 Å². The van der Waals surface area contributed by atoms with Gasteiger partial charge in [-0.2, -0.15) is 0 Å². The average molecular weight is 529 g/mol. The van der Waals surface area contributed by atoms with Crippen molar-refractivity contribution in [1.29, 1.82) is 0 Å². The van der Waals surface area contributed by atoms with Crippen LogP contribution in [0.25, 0.3) is 0 Å². The van der Waals surface area contributed by atoms with Gasteiger partial charge in [-0.25, -0.2) is 9.98 Å². The average Bonchev–Trinajstić information content (AvgIpc) is 2.72. The minimum Gasteiger partial charge on any atom is -0.373 e. The van der Waals surface area contributed by atoms with Gasteiger partial charge in [0, 0.05) is 31.8 Å². The first-order valence-corrected chi connectivity index (χ1v) is 10.3. The molecule has 1 aromatic heterocycles. The maximum Gasteiger partial charge on any atom is 0.191 e. The number of nitrogens with one attached hydrogen (secondary N) is 2. The summed E-state index contributed by atoms with van der Waals surface area (Å²) in [6, 6.07) is 12.4. The normalized spacial score (nSPS) is 19.3. The minimum atomic E-state index is 0. The van der Waals surface area contributed by atoms with Gasteiger partial charge in [0.05, 0.1) is 12.6 Å². The van der Waals surface area contributed by atoms with Crippen molar-refractivity contribution in [2.45, 2.75) is 39.3 Å². The number of aliphatic imine (C=N–C) groups is 1. The molecule has 2 N–H and O–H groups in total. The SMILES string of the molecule is CCNC(=NCc1ccc(Cl)nc1)NCC1CCCOC1c1ccc(C)cc1.I. The second-order valence-corrected chi connectivity index (χ2v) is 7.56. The molecule has 0 radical (unpaired) electrons. The van der Waals surface area contributed by atoms with Crippen LogP contribution < -0.4 is 10.6 Å². The van der Waals surface area contributed by atoms with Gasteiger partial charge >= 0.3 is 0 Å². The van der Waals surface area contributed by atoms with Crippen LogP contribution in [0.3, 0.4) is 0 Å².